The summed E-state index contributed by atoms with van der Waals surface area (Å²) in [4.78, 5) is 23.7. The van der Waals surface area contributed by atoms with E-state index in [1.165, 1.54) is 0 Å². The predicted octanol–water partition coefficient (Wildman–Crippen LogP) is 5.78. The normalized spacial score (nSPS) is 14.6. The van der Waals surface area contributed by atoms with E-state index < -0.39 is 23.1 Å². The van der Waals surface area contributed by atoms with Crippen LogP contribution >= 0.6 is 0 Å². The lowest BCUT2D eigenvalue weighted by Gasteiger charge is -2.19. The Kier molecular flexibility index (Phi) is 5.28. The van der Waals surface area contributed by atoms with Crippen molar-refractivity contribution < 1.29 is 24.0 Å². The molecule has 0 aliphatic heterocycles. The van der Waals surface area contributed by atoms with E-state index >= 15 is 0 Å². The van der Waals surface area contributed by atoms with E-state index in [-0.39, 0.29) is 0 Å². The van der Waals surface area contributed by atoms with Crippen LogP contribution in [0, 0.1) is 6.92 Å². The van der Waals surface area contributed by atoms with Crippen LogP contribution in [0.2, 0.25) is 0 Å². The second kappa shape index (κ2) is 7.82. The summed E-state index contributed by atoms with van der Waals surface area (Å²) in [6.45, 7) is 7.14. The number of hydrogen-bond acceptors (Lipinski definition) is 5. The van der Waals surface area contributed by atoms with Crippen molar-refractivity contribution in [3.8, 4) is 22.5 Å². The number of nitrogens with zero attached hydrogens (tertiary/aromatic N) is 1. The molecule has 1 fully saturated rings. The predicted molar refractivity (Wildman–Crippen MR) is 121 cm³/mol. The highest BCUT2D eigenvalue weighted by Gasteiger charge is 2.51. The summed E-state index contributed by atoms with van der Waals surface area (Å²) < 4.78 is 10.8. The number of amides is 1. The van der Waals surface area contributed by atoms with Crippen LogP contribution in [0.4, 0.5) is 10.5 Å². The quantitative estimate of drug-likeness (QED) is 0.528. The Hall–Kier alpha value is -3.61. The summed E-state index contributed by atoms with van der Waals surface area (Å²) >= 11 is 0. The van der Waals surface area contributed by atoms with Crippen LogP contribution in [-0.2, 0) is 14.9 Å². The molecule has 4 rings (SSSR count). The van der Waals surface area contributed by atoms with E-state index in [0.29, 0.717) is 30.0 Å². The Balaban J connectivity index is 1.54. The van der Waals surface area contributed by atoms with Crippen molar-refractivity contribution in [1.82, 2.24) is 5.16 Å². The van der Waals surface area contributed by atoms with Crippen molar-refractivity contribution in [2.45, 2.75) is 51.6 Å². The summed E-state index contributed by atoms with van der Waals surface area (Å²) in [7, 11) is 0. The van der Waals surface area contributed by atoms with E-state index in [0.717, 1.165) is 22.3 Å². The third kappa shape index (κ3) is 4.23. The molecular weight excluding hydrogens is 408 g/mol. The van der Waals surface area contributed by atoms with Gasteiger partial charge >= 0.3 is 12.1 Å². The van der Waals surface area contributed by atoms with E-state index in [2.05, 4.69) is 10.5 Å². The van der Waals surface area contributed by atoms with Gasteiger partial charge in [-0.15, -0.1) is 0 Å². The molecule has 1 saturated carbocycles. The van der Waals surface area contributed by atoms with Gasteiger partial charge in [0.25, 0.3) is 0 Å². The lowest BCUT2D eigenvalue weighted by molar-refractivity contribution is -0.140. The number of aliphatic carboxylic acids is 1. The first-order valence-corrected chi connectivity index (χ1v) is 10.5. The van der Waals surface area contributed by atoms with E-state index in [4.69, 9.17) is 9.26 Å². The van der Waals surface area contributed by atoms with Gasteiger partial charge in [-0.1, -0.05) is 53.7 Å². The van der Waals surface area contributed by atoms with Gasteiger partial charge in [0.2, 0.25) is 0 Å². The molecule has 0 bridgehead atoms. The first-order chi connectivity index (χ1) is 15.1. The topological polar surface area (TPSA) is 102 Å². The summed E-state index contributed by atoms with van der Waals surface area (Å²) in [6, 6.07) is 15.4. The van der Waals surface area contributed by atoms with Gasteiger partial charge in [0.15, 0.2) is 5.76 Å². The molecule has 7 nitrogen and oxygen atoms in total. The Morgan fingerprint density at radius 3 is 2.03 bits per heavy atom. The van der Waals surface area contributed by atoms with Gasteiger partial charge in [-0.25, -0.2) is 4.79 Å². The molecule has 1 aliphatic carbocycles. The highest BCUT2D eigenvalue weighted by Crippen LogP contribution is 2.48. The van der Waals surface area contributed by atoms with Crippen LogP contribution in [0.3, 0.4) is 0 Å². The SMILES string of the molecule is Cc1noc(-c2ccc(-c3ccc(C4(C(=O)O)CC4)cc3)cc2)c1NC(=O)OC(C)(C)C. The van der Waals surface area contributed by atoms with E-state index in [9.17, 15) is 14.7 Å². The van der Waals surface area contributed by atoms with Gasteiger partial charge in [-0.05, 0) is 57.2 Å². The molecular formula is C25H26N2O5. The number of anilines is 1. The third-order valence-electron chi connectivity index (χ3n) is 5.57. The molecule has 2 N–H and O–H groups in total. The fraction of sp³-hybridized carbons (Fsp3) is 0.320. The molecule has 0 unspecified atom stereocenters. The molecule has 0 atom stereocenters. The molecule has 1 amide bonds. The van der Waals surface area contributed by atoms with Gasteiger partial charge in [0.1, 0.15) is 17.0 Å². The average molecular weight is 434 g/mol. The minimum absolute atomic E-state index is 0.451. The number of carbonyl (C=O) groups is 2. The summed E-state index contributed by atoms with van der Waals surface area (Å²) in [5.41, 5.74) is 3.29. The van der Waals surface area contributed by atoms with Gasteiger partial charge in [-0.3, -0.25) is 10.1 Å². The maximum absolute atomic E-state index is 12.2. The molecule has 0 spiro atoms. The monoisotopic (exact) mass is 434 g/mol. The Bertz CT molecular complexity index is 1150. The number of benzene rings is 2. The highest BCUT2D eigenvalue weighted by atomic mass is 16.6. The smallest absolute Gasteiger partial charge is 0.412 e. The molecule has 1 aliphatic rings. The number of aromatic nitrogens is 1. The van der Waals surface area contributed by atoms with Crippen molar-refractivity contribution in [1.29, 1.82) is 0 Å². The summed E-state index contributed by atoms with van der Waals surface area (Å²) in [6.07, 6.45) is 0.802. The standard InChI is InChI=1S/C25H26N2O5/c1-15-20(26-23(30)31-24(2,3)4)21(32-27-15)18-7-5-16(6-8-18)17-9-11-19(12-10-17)25(13-14-25)22(28)29/h5-12H,13-14H2,1-4H3,(H,26,30)(H,28,29). The maximum Gasteiger partial charge on any atom is 0.412 e. The number of carbonyl (C=O) groups excluding carboxylic acids is 1. The van der Waals surface area contributed by atoms with Crippen molar-refractivity contribution >= 4 is 17.7 Å². The molecule has 2 aromatic carbocycles. The Morgan fingerprint density at radius 2 is 1.53 bits per heavy atom. The molecule has 3 aromatic rings. The number of carboxylic acid groups (broad SMARTS) is 1. The van der Waals surface area contributed by atoms with Crippen LogP contribution < -0.4 is 5.32 Å². The fourth-order valence-electron chi connectivity index (χ4n) is 3.67. The highest BCUT2D eigenvalue weighted by molar-refractivity contribution is 5.91. The minimum atomic E-state index is -0.757. The average Bonchev–Trinajstić information content (AvgIpc) is 3.47. The number of aryl methyl sites for hydroxylation is 1. The minimum Gasteiger partial charge on any atom is -0.481 e. The van der Waals surface area contributed by atoms with Crippen LogP contribution in [-0.4, -0.2) is 27.9 Å². The number of nitrogens with one attached hydrogen (secondary N) is 1. The lowest BCUT2D eigenvalue weighted by atomic mass is 9.93. The molecule has 1 heterocycles. The van der Waals surface area contributed by atoms with Crippen LogP contribution in [0.25, 0.3) is 22.5 Å². The van der Waals surface area contributed by atoms with Crippen LogP contribution in [0.1, 0.15) is 44.9 Å². The zero-order valence-electron chi connectivity index (χ0n) is 18.6. The Morgan fingerprint density at radius 1 is 1.00 bits per heavy atom. The van der Waals surface area contributed by atoms with Crippen molar-refractivity contribution in [3.63, 3.8) is 0 Å². The van der Waals surface area contributed by atoms with E-state index in [1.54, 1.807) is 27.7 Å². The number of ether oxygens (including phenoxy) is 1. The number of hydrogen-bond donors (Lipinski definition) is 2. The largest absolute Gasteiger partial charge is 0.481 e. The Labute approximate surface area is 186 Å². The zero-order valence-corrected chi connectivity index (χ0v) is 18.6. The lowest BCUT2D eigenvalue weighted by Crippen LogP contribution is -2.27. The van der Waals surface area contributed by atoms with Gasteiger partial charge in [-0.2, -0.15) is 0 Å². The van der Waals surface area contributed by atoms with Gasteiger partial charge in [0, 0.05) is 5.56 Å². The summed E-state index contributed by atoms with van der Waals surface area (Å²) in [5.74, 6) is -0.305. The molecule has 166 valence electrons. The first kappa shape index (κ1) is 21.6. The van der Waals surface area contributed by atoms with Crippen molar-refractivity contribution in [3.05, 3.63) is 59.8 Å². The first-order valence-electron chi connectivity index (χ1n) is 10.5. The molecule has 0 saturated heterocycles. The molecule has 0 radical (unpaired) electrons. The van der Waals surface area contributed by atoms with Gasteiger partial charge in [0.05, 0.1) is 5.41 Å². The third-order valence-corrected chi connectivity index (χ3v) is 5.57. The second-order valence-corrected chi connectivity index (χ2v) is 9.14. The summed E-state index contributed by atoms with van der Waals surface area (Å²) in [5, 5.41) is 16.2. The number of rotatable bonds is 5. The van der Waals surface area contributed by atoms with Gasteiger partial charge < -0.3 is 14.4 Å². The van der Waals surface area contributed by atoms with E-state index in [1.807, 2.05) is 48.5 Å². The zero-order chi connectivity index (χ0) is 23.1. The maximum atomic E-state index is 12.2. The molecule has 1 aromatic heterocycles. The fourth-order valence-corrected chi connectivity index (χ4v) is 3.67. The second-order valence-electron chi connectivity index (χ2n) is 9.14. The number of carboxylic acids is 1. The molecule has 7 heteroatoms. The van der Waals surface area contributed by atoms with Crippen LogP contribution in [0.15, 0.2) is 53.1 Å². The van der Waals surface area contributed by atoms with Crippen LogP contribution in [0.5, 0.6) is 0 Å². The molecule has 32 heavy (non-hydrogen) atoms. The van der Waals surface area contributed by atoms with Crippen molar-refractivity contribution in [2.24, 2.45) is 0 Å². The van der Waals surface area contributed by atoms with Crippen molar-refractivity contribution in [2.75, 3.05) is 5.32 Å².